The maximum absolute atomic E-state index is 12.7. The molecule has 6 heteroatoms. The second-order valence-corrected chi connectivity index (χ2v) is 6.95. The predicted molar refractivity (Wildman–Crippen MR) is 105 cm³/mol. The molecule has 0 atom stereocenters. The van der Waals surface area contributed by atoms with Gasteiger partial charge in [0.15, 0.2) is 0 Å². The van der Waals surface area contributed by atoms with E-state index in [4.69, 9.17) is 4.74 Å². The van der Waals surface area contributed by atoms with Crippen LogP contribution in [0.15, 0.2) is 42.5 Å². The second kappa shape index (κ2) is 8.03. The molecule has 0 saturated heterocycles. The summed E-state index contributed by atoms with van der Waals surface area (Å²) in [4.78, 5) is 37.3. The molecule has 0 fully saturated rings. The van der Waals surface area contributed by atoms with E-state index >= 15 is 0 Å². The van der Waals surface area contributed by atoms with Crippen molar-refractivity contribution in [2.24, 2.45) is 5.41 Å². The molecule has 0 saturated carbocycles. The predicted octanol–water partition coefficient (Wildman–Crippen LogP) is 3.69. The Morgan fingerprint density at radius 1 is 0.889 bits per heavy atom. The molecule has 6 nitrogen and oxygen atoms in total. The molecule has 0 aliphatic heterocycles. The van der Waals surface area contributed by atoms with Gasteiger partial charge >= 0.3 is 5.97 Å². The molecule has 0 spiro atoms. The molecule has 2 aromatic rings. The Hall–Kier alpha value is -3.15. The highest BCUT2D eigenvalue weighted by Crippen LogP contribution is 2.24. The van der Waals surface area contributed by atoms with Crippen LogP contribution in [0.3, 0.4) is 0 Å². The number of hydrogen-bond acceptors (Lipinski definition) is 4. The molecule has 0 bridgehead atoms. The highest BCUT2D eigenvalue weighted by Gasteiger charge is 2.36. The number of benzene rings is 2. The van der Waals surface area contributed by atoms with E-state index in [0.29, 0.717) is 11.4 Å². The van der Waals surface area contributed by atoms with E-state index in [1.54, 1.807) is 24.3 Å². The summed E-state index contributed by atoms with van der Waals surface area (Å²) in [6.07, 6.45) is 0. The lowest BCUT2D eigenvalue weighted by atomic mass is 9.90. The van der Waals surface area contributed by atoms with Gasteiger partial charge in [-0.1, -0.05) is 18.2 Å². The molecule has 2 rings (SSSR count). The normalized spacial score (nSPS) is 10.9. The maximum Gasteiger partial charge on any atom is 0.339 e. The first kappa shape index (κ1) is 20.2. The summed E-state index contributed by atoms with van der Waals surface area (Å²) in [5, 5.41) is 5.44. The van der Waals surface area contributed by atoms with Crippen molar-refractivity contribution < 1.29 is 19.1 Å². The molecule has 0 aliphatic rings. The van der Waals surface area contributed by atoms with Crippen molar-refractivity contribution in [2.75, 3.05) is 17.7 Å². The molecule has 0 aliphatic carbocycles. The van der Waals surface area contributed by atoms with Crippen LogP contribution in [0.5, 0.6) is 0 Å². The van der Waals surface area contributed by atoms with Gasteiger partial charge in [-0.2, -0.15) is 0 Å². The summed E-state index contributed by atoms with van der Waals surface area (Å²) in [6, 6.07) is 12.2. The number of rotatable bonds is 5. The lowest BCUT2D eigenvalue weighted by Crippen LogP contribution is -2.41. The molecule has 142 valence electrons. The zero-order valence-electron chi connectivity index (χ0n) is 16.2. The minimum absolute atomic E-state index is 0.221. The van der Waals surface area contributed by atoms with E-state index in [2.05, 4.69) is 10.6 Å². The van der Waals surface area contributed by atoms with E-state index in [-0.39, 0.29) is 5.56 Å². The monoisotopic (exact) mass is 368 g/mol. The summed E-state index contributed by atoms with van der Waals surface area (Å²) >= 11 is 0. The minimum Gasteiger partial charge on any atom is -0.465 e. The van der Waals surface area contributed by atoms with Crippen LogP contribution in [0.4, 0.5) is 11.4 Å². The van der Waals surface area contributed by atoms with Gasteiger partial charge in [-0.3, -0.25) is 9.59 Å². The van der Waals surface area contributed by atoms with E-state index < -0.39 is 23.2 Å². The van der Waals surface area contributed by atoms with Crippen LogP contribution in [-0.4, -0.2) is 24.9 Å². The Kier molecular flexibility index (Phi) is 6.00. The Morgan fingerprint density at radius 2 is 1.44 bits per heavy atom. The fourth-order valence-electron chi connectivity index (χ4n) is 2.60. The fourth-order valence-corrected chi connectivity index (χ4v) is 2.60. The third-order valence-electron chi connectivity index (χ3n) is 4.20. The second-order valence-electron chi connectivity index (χ2n) is 6.95. The minimum atomic E-state index is -1.36. The summed E-state index contributed by atoms with van der Waals surface area (Å²) in [7, 11) is 1.27. The number of esters is 1. The molecule has 2 amide bonds. The van der Waals surface area contributed by atoms with Crippen LogP contribution < -0.4 is 10.6 Å². The molecule has 0 radical (unpaired) electrons. The highest BCUT2D eigenvalue weighted by molar-refractivity contribution is 6.15. The first-order valence-corrected chi connectivity index (χ1v) is 8.53. The number of para-hydroxylation sites is 1. The van der Waals surface area contributed by atoms with Gasteiger partial charge in [0.25, 0.3) is 0 Å². The third kappa shape index (κ3) is 4.73. The average Bonchev–Trinajstić information content (AvgIpc) is 2.60. The molecular weight excluding hydrogens is 344 g/mol. The van der Waals surface area contributed by atoms with Crippen LogP contribution in [0.25, 0.3) is 0 Å². The van der Waals surface area contributed by atoms with Crippen molar-refractivity contribution in [2.45, 2.75) is 27.7 Å². The maximum atomic E-state index is 12.7. The van der Waals surface area contributed by atoms with Crippen molar-refractivity contribution in [3.63, 3.8) is 0 Å². The van der Waals surface area contributed by atoms with E-state index in [9.17, 15) is 14.4 Å². The first-order chi connectivity index (χ1) is 12.6. The summed E-state index contributed by atoms with van der Waals surface area (Å²) in [5.74, 6) is -1.54. The van der Waals surface area contributed by atoms with Crippen LogP contribution in [0, 0.1) is 19.3 Å². The standard InChI is InChI=1S/C21H24N2O4/c1-13-10-14(2)12-15(11-13)22-19(25)21(3,4)20(26)23-17-9-7-6-8-16(17)18(24)27-5/h6-12H,1-5H3,(H,22,25)(H,23,26). The number of amides is 2. The number of methoxy groups -OCH3 is 1. The largest absolute Gasteiger partial charge is 0.465 e. The topological polar surface area (TPSA) is 84.5 Å². The van der Waals surface area contributed by atoms with E-state index in [1.807, 2.05) is 32.0 Å². The van der Waals surface area contributed by atoms with Crippen molar-refractivity contribution in [1.29, 1.82) is 0 Å². The van der Waals surface area contributed by atoms with Crippen LogP contribution in [0.2, 0.25) is 0 Å². The number of aryl methyl sites for hydroxylation is 2. The van der Waals surface area contributed by atoms with Crippen LogP contribution in [0.1, 0.15) is 35.3 Å². The lowest BCUT2D eigenvalue weighted by molar-refractivity contribution is -0.135. The van der Waals surface area contributed by atoms with E-state index in [1.165, 1.54) is 21.0 Å². The molecule has 2 N–H and O–H groups in total. The van der Waals surface area contributed by atoms with Gasteiger partial charge in [-0.15, -0.1) is 0 Å². The Labute approximate surface area is 158 Å². The van der Waals surface area contributed by atoms with Gasteiger partial charge in [0.2, 0.25) is 11.8 Å². The van der Waals surface area contributed by atoms with Gasteiger partial charge in [-0.05, 0) is 63.1 Å². The van der Waals surface area contributed by atoms with E-state index in [0.717, 1.165) is 11.1 Å². The molecule has 0 aromatic heterocycles. The highest BCUT2D eigenvalue weighted by atomic mass is 16.5. The summed E-state index contributed by atoms with van der Waals surface area (Å²) in [5.41, 5.74) is 1.81. The SMILES string of the molecule is COC(=O)c1ccccc1NC(=O)C(C)(C)C(=O)Nc1cc(C)cc(C)c1. The number of hydrogen-bond donors (Lipinski definition) is 2. The van der Waals surface area contributed by atoms with Gasteiger partial charge in [0.05, 0.1) is 18.4 Å². The molecule has 0 heterocycles. The Bertz CT molecular complexity index is 867. The van der Waals surface area contributed by atoms with Crippen molar-refractivity contribution in [1.82, 2.24) is 0 Å². The number of ether oxygens (including phenoxy) is 1. The van der Waals surface area contributed by atoms with Gasteiger partial charge in [-0.25, -0.2) is 4.79 Å². The molecule has 27 heavy (non-hydrogen) atoms. The zero-order valence-corrected chi connectivity index (χ0v) is 16.2. The van der Waals surface area contributed by atoms with Crippen molar-refractivity contribution >= 4 is 29.2 Å². The van der Waals surface area contributed by atoms with Crippen LogP contribution >= 0.6 is 0 Å². The first-order valence-electron chi connectivity index (χ1n) is 8.53. The van der Waals surface area contributed by atoms with Gasteiger partial charge < -0.3 is 15.4 Å². The van der Waals surface area contributed by atoms with Crippen molar-refractivity contribution in [3.8, 4) is 0 Å². The smallest absolute Gasteiger partial charge is 0.339 e. The Balaban J connectivity index is 2.19. The van der Waals surface area contributed by atoms with Gasteiger partial charge in [0, 0.05) is 5.69 Å². The molecule has 2 aromatic carbocycles. The lowest BCUT2D eigenvalue weighted by Gasteiger charge is -2.23. The van der Waals surface area contributed by atoms with Gasteiger partial charge in [0.1, 0.15) is 5.41 Å². The molecule has 0 unspecified atom stereocenters. The zero-order chi connectivity index (χ0) is 20.2. The quantitative estimate of drug-likeness (QED) is 0.623. The summed E-state index contributed by atoms with van der Waals surface area (Å²) in [6.45, 7) is 6.93. The third-order valence-corrected chi connectivity index (χ3v) is 4.20. The summed E-state index contributed by atoms with van der Waals surface area (Å²) < 4.78 is 4.72. The number of anilines is 2. The Morgan fingerprint density at radius 3 is 2.04 bits per heavy atom. The fraction of sp³-hybridized carbons (Fsp3) is 0.286. The average molecular weight is 368 g/mol. The number of nitrogens with one attached hydrogen (secondary N) is 2. The van der Waals surface area contributed by atoms with Crippen LogP contribution in [-0.2, 0) is 14.3 Å². The van der Waals surface area contributed by atoms with Crippen molar-refractivity contribution in [3.05, 3.63) is 59.2 Å². The molecular formula is C21H24N2O4. The number of carbonyl (C=O) groups is 3. The number of carbonyl (C=O) groups excluding carboxylic acids is 3.